The first-order valence-corrected chi connectivity index (χ1v) is 8.48. The van der Waals surface area contributed by atoms with E-state index in [-0.39, 0.29) is 11.4 Å². The number of sulfonamides is 1. The fraction of sp³-hybridized carbons (Fsp3) is 0.357. The van der Waals surface area contributed by atoms with E-state index < -0.39 is 10.0 Å². The zero-order valence-corrected chi connectivity index (χ0v) is 13.8. The van der Waals surface area contributed by atoms with E-state index in [4.69, 9.17) is 11.6 Å². The summed E-state index contributed by atoms with van der Waals surface area (Å²) in [6, 6.07) is 5.06. The summed E-state index contributed by atoms with van der Waals surface area (Å²) in [4.78, 5) is 0.256. The van der Waals surface area contributed by atoms with Crippen molar-refractivity contribution in [2.24, 2.45) is 0 Å². The van der Waals surface area contributed by atoms with Gasteiger partial charge in [-0.3, -0.25) is 4.68 Å². The highest BCUT2D eigenvalue weighted by atomic mass is 35.5. The molecule has 0 aliphatic carbocycles. The van der Waals surface area contributed by atoms with Gasteiger partial charge in [0.05, 0.1) is 17.1 Å². The summed E-state index contributed by atoms with van der Waals surface area (Å²) in [6.07, 6.45) is 1.66. The lowest BCUT2D eigenvalue weighted by Crippen LogP contribution is -2.25. The maximum absolute atomic E-state index is 12.4. The molecule has 1 aromatic heterocycles. The number of rotatable bonds is 5. The summed E-state index contributed by atoms with van der Waals surface area (Å²) < 4.78 is 29.2. The van der Waals surface area contributed by atoms with Gasteiger partial charge in [-0.2, -0.15) is 5.10 Å². The highest BCUT2D eigenvalue weighted by molar-refractivity contribution is 7.89. The molecule has 1 aromatic carbocycles. The summed E-state index contributed by atoms with van der Waals surface area (Å²) in [5, 5.41) is 4.68. The molecule has 0 unspecified atom stereocenters. The largest absolute Gasteiger partial charge is 0.269 e. The Morgan fingerprint density at radius 3 is 2.67 bits per heavy atom. The molecule has 0 fully saturated rings. The van der Waals surface area contributed by atoms with Gasteiger partial charge < -0.3 is 0 Å². The maximum atomic E-state index is 12.4. The number of aryl methyl sites for hydroxylation is 3. The van der Waals surface area contributed by atoms with Crippen molar-refractivity contribution in [1.29, 1.82) is 0 Å². The van der Waals surface area contributed by atoms with Gasteiger partial charge in [-0.15, -0.1) is 0 Å². The Balaban J connectivity index is 2.25. The molecular weight excluding hydrogens is 310 g/mol. The van der Waals surface area contributed by atoms with Crippen LogP contribution in [-0.2, 0) is 23.1 Å². The summed E-state index contributed by atoms with van der Waals surface area (Å²) in [6.45, 7) is 6.38. The molecule has 0 saturated heterocycles. The van der Waals surface area contributed by atoms with E-state index in [2.05, 4.69) is 9.82 Å². The number of hydrogen-bond acceptors (Lipinski definition) is 3. The average molecular weight is 328 g/mol. The van der Waals surface area contributed by atoms with Crippen LogP contribution >= 0.6 is 11.6 Å². The lowest BCUT2D eigenvalue weighted by atomic mass is 10.2. The highest BCUT2D eigenvalue weighted by Gasteiger charge is 2.18. The Hall–Kier alpha value is -1.37. The third kappa shape index (κ3) is 3.45. The van der Waals surface area contributed by atoms with Crippen LogP contribution in [0, 0.1) is 13.8 Å². The number of nitrogens with zero attached hydrogens (tertiary/aromatic N) is 2. The van der Waals surface area contributed by atoms with Crippen molar-refractivity contribution in [3.8, 4) is 0 Å². The van der Waals surface area contributed by atoms with Gasteiger partial charge in [0, 0.05) is 17.8 Å². The Labute approximate surface area is 130 Å². The lowest BCUT2D eigenvalue weighted by Gasteiger charge is -2.11. The highest BCUT2D eigenvalue weighted by Crippen LogP contribution is 2.23. The van der Waals surface area contributed by atoms with Crippen LogP contribution in [0.25, 0.3) is 0 Å². The van der Waals surface area contributed by atoms with Gasteiger partial charge in [0.15, 0.2) is 0 Å². The van der Waals surface area contributed by atoms with Crippen LogP contribution < -0.4 is 4.72 Å². The monoisotopic (exact) mass is 327 g/mol. The third-order valence-electron chi connectivity index (χ3n) is 3.29. The Morgan fingerprint density at radius 1 is 1.29 bits per heavy atom. The third-order valence-corrected chi connectivity index (χ3v) is 5.24. The molecular formula is C14H18ClN3O2S. The van der Waals surface area contributed by atoms with Crippen molar-refractivity contribution >= 4 is 21.6 Å². The molecule has 1 heterocycles. The summed E-state index contributed by atoms with van der Waals surface area (Å²) in [7, 11) is -3.58. The van der Waals surface area contributed by atoms with Crippen molar-refractivity contribution in [3.63, 3.8) is 0 Å². The van der Waals surface area contributed by atoms with E-state index in [0.29, 0.717) is 17.1 Å². The van der Waals surface area contributed by atoms with E-state index in [9.17, 15) is 8.42 Å². The minimum atomic E-state index is -3.58. The van der Waals surface area contributed by atoms with Crippen LogP contribution in [0.1, 0.15) is 23.7 Å². The van der Waals surface area contributed by atoms with Gasteiger partial charge in [-0.05, 0) is 50.1 Å². The molecule has 5 nitrogen and oxygen atoms in total. The summed E-state index contributed by atoms with van der Waals surface area (Å²) >= 11 is 6.01. The van der Waals surface area contributed by atoms with Gasteiger partial charge in [0.25, 0.3) is 0 Å². The molecule has 1 N–H and O–H groups in total. The first-order chi connectivity index (χ1) is 9.85. The molecule has 0 spiro atoms. The molecule has 2 aromatic rings. The lowest BCUT2D eigenvalue weighted by molar-refractivity contribution is 0.570. The summed E-state index contributed by atoms with van der Waals surface area (Å²) in [5.41, 5.74) is 2.19. The standard InChI is InChI=1S/C14H18ClN3O2S/c1-4-18-12(5-6-16-18)9-17-21(19,20)14-8-10(2)13(15)7-11(14)3/h5-8,17H,4,9H2,1-3H3. The van der Waals surface area contributed by atoms with Gasteiger partial charge in [0.1, 0.15) is 0 Å². The number of hydrogen-bond donors (Lipinski definition) is 1. The van der Waals surface area contributed by atoms with Gasteiger partial charge in [-0.25, -0.2) is 13.1 Å². The second-order valence-electron chi connectivity index (χ2n) is 4.83. The minimum Gasteiger partial charge on any atom is -0.269 e. The van der Waals surface area contributed by atoms with Crippen LogP contribution in [0.5, 0.6) is 0 Å². The fourth-order valence-electron chi connectivity index (χ4n) is 2.09. The van der Waals surface area contributed by atoms with Crippen molar-refractivity contribution in [2.75, 3.05) is 0 Å². The van der Waals surface area contributed by atoms with Crippen LogP contribution in [0.4, 0.5) is 0 Å². The number of benzene rings is 1. The van der Waals surface area contributed by atoms with Gasteiger partial charge >= 0.3 is 0 Å². The van der Waals surface area contributed by atoms with Gasteiger partial charge in [0.2, 0.25) is 10.0 Å². The van der Waals surface area contributed by atoms with Crippen LogP contribution in [0.2, 0.25) is 5.02 Å². The number of aromatic nitrogens is 2. The van der Waals surface area contributed by atoms with Crippen LogP contribution in [0.15, 0.2) is 29.3 Å². The van der Waals surface area contributed by atoms with E-state index in [0.717, 1.165) is 11.3 Å². The smallest absolute Gasteiger partial charge is 0.241 e. The van der Waals surface area contributed by atoms with E-state index >= 15 is 0 Å². The minimum absolute atomic E-state index is 0.206. The summed E-state index contributed by atoms with van der Waals surface area (Å²) in [5.74, 6) is 0. The molecule has 7 heteroatoms. The first-order valence-electron chi connectivity index (χ1n) is 6.62. The van der Waals surface area contributed by atoms with E-state index in [1.54, 1.807) is 42.9 Å². The Bertz CT molecular complexity index is 754. The molecule has 0 atom stereocenters. The normalized spacial score (nSPS) is 11.8. The number of nitrogens with one attached hydrogen (secondary N) is 1. The fourth-order valence-corrected chi connectivity index (χ4v) is 3.61. The Kier molecular flexibility index (Phi) is 4.70. The van der Waals surface area contributed by atoms with Gasteiger partial charge in [-0.1, -0.05) is 11.6 Å². The Morgan fingerprint density at radius 2 is 2.00 bits per heavy atom. The number of halogens is 1. The molecule has 0 radical (unpaired) electrons. The molecule has 0 aliphatic rings. The zero-order chi connectivity index (χ0) is 15.6. The predicted octanol–water partition coefficient (Wildman–Crippen LogP) is 2.65. The van der Waals surface area contributed by atoms with Crippen molar-refractivity contribution in [3.05, 3.63) is 46.2 Å². The van der Waals surface area contributed by atoms with Crippen molar-refractivity contribution in [1.82, 2.24) is 14.5 Å². The van der Waals surface area contributed by atoms with Crippen molar-refractivity contribution < 1.29 is 8.42 Å². The zero-order valence-electron chi connectivity index (χ0n) is 12.2. The van der Waals surface area contributed by atoms with E-state index in [1.807, 2.05) is 6.92 Å². The predicted molar refractivity (Wildman–Crippen MR) is 82.9 cm³/mol. The molecule has 2 rings (SSSR count). The van der Waals surface area contributed by atoms with E-state index in [1.165, 1.54) is 0 Å². The molecule has 0 bridgehead atoms. The molecule has 0 aliphatic heterocycles. The maximum Gasteiger partial charge on any atom is 0.241 e. The quantitative estimate of drug-likeness (QED) is 0.918. The second-order valence-corrected chi connectivity index (χ2v) is 6.97. The van der Waals surface area contributed by atoms with Crippen LogP contribution in [-0.4, -0.2) is 18.2 Å². The second kappa shape index (κ2) is 6.17. The first kappa shape index (κ1) is 16.0. The SMILES string of the molecule is CCn1nccc1CNS(=O)(=O)c1cc(C)c(Cl)cc1C. The molecule has 114 valence electrons. The van der Waals surface area contributed by atoms with Crippen LogP contribution in [0.3, 0.4) is 0 Å². The molecule has 21 heavy (non-hydrogen) atoms. The molecule has 0 saturated carbocycles. The average Bonchev–Trinajstić information content (AvgIpc) is 2.88. The topological polar surface area (TPSA) is 64.0 Å². The molecule has 0 amide bonds. The van der Waals surface area contributed by atoms with Crippen molar-refractivity contribution in [2.45, 2.75) is 38.8 Å².